The molecule has 0 unspecified atom stereocenters. The number of ether oxygens (including phenoxy) is 2. The van der Waals surface area contributed by atoms with Gasteiger partial charge in [0, 0.05) is 0 Å². The number of hydrogen-bond donors (Lipinski definition) is 2. The van der Waals surface area contributed by atoms with E-state index in [4.69, 9.17) is 9.47 Å². The second-order valence-corrected chi connectivity index (χ2v) is 7.01. The highest BCUT2D eigenvalue weighted by atomic mass is 32.1. The normalized spacial score (nSPS) is 10.6. The van der Waals surface area contributed by atoms with E-state index in [1.165, 1.54) is 24.8 Å². The van der Waals surface area contributed by atoms with Crippen molar-refractivity contribution in [3.05, 3.63) is 58.9 Å². The van der Waals surface area contributed by atoms with Crippen molar-refractivity contribution in [1.82, 2.24) is 15.0 Å². The van der Waals surface area contributed by atoms with Gasteiger partial charge in [-0.15, -0.1) is 0 Å². The van der Waals surface area contributed by atoms with Crippen LogP contribution in [-0.4, -0.2) is 34.1 Å². The number of anilines is 4. The second-order valence-electron chi connectivity index (χ2n) is 5.98. The maximum Gasteiger partial charge on any atom is 0.353 e. The van der Waals surface area contributed by atoms with Gasteiger partial charge in [0.05, 0.1) is 35.0 Å². The van der Waals surface area contributed by atoms with Crippen molar-refractivity contribution in [2.75, 3.05) is 24.9 Å². The highest BCUT2D eigenvalue weighted by molar-refractivity contribution is 7.22. The number of nitrogens with zero attached hydrogens (tertiary/aromatic N) is 4. The minimum Gasteiger partial charge on any atom is -0.497 e. The average Bonchev–Trinajstić information content (AvgIpc) is 3.15. The molecule has 0 atom stereocenters. The molecule has 152 valence electrons. The fraction of sp³-hybridized carbons (Fsp3) is 0.105. The Bertz CT molecular complexity index is 1230. The zero-order chi connectivity index (χ0) is 21.1. The van der Waals surface area contributed by atoms with Crippen LogP contribution in [-0.2, 0) is 0 Å². The van der Waals surface area contributed by atoms with Crippen molar-refractivity contribution in [2.24, 2.45) is 0 Å². The molecule has 30 heavy (non-hydrogen) atoms. The first-order valence-electron chi connectivity index (χ1n) is 8.70. The van der Waals surface area contributed by atoms with Gasteiger partial charge in [-0.1, -0.05) is 23.5 Å². The molecule has 11 heteroatoms. The van der Waals surface area contributed by atoms with Gasteiger partial charge in [-0.25, -0.2) is 15.0 Å². The summed E-state index contributed by atoms with van der Waals surface area (Å²) in [7, 11) is 3.10. The van der Waals surface area contributed by atoms with E-state index in [1.54, 1.807) is 37.4 Å². The van der Waals surface area contributed by atoms with Gasteiger partial charge in [0.2, 0.25) is 11.6 Å². The average molecular weight is 424 g/mol. The van der Waals surface area contributed by atoms with E-state index < -0.39 is 4.92 Å². The lowest BCUT2D eigenvalue weighted by Crippen LogP contribution is -2.06. The largest absolute Gasteiger partial charge is 0.497 e. The van der Waals surface area contributed by atoms with Gasteiger partial charge in [-0.3, -0.25) is 10.1 Å². The predicted molar refractivity (Wildman–Crippen MR) is 114 cm³/mol. The number of nitro groups is 1. The number of aromatic nitrogens is 3. The van der Waals surface area contributed by atoms with Gasteiger partial charge >= 0.3 is 5.69 Å². The molecule has 4 aromatic rings. The Kier molecular flexibility index (Phi) is 5.26. The van der Waals surface area contributed by atoms with E-state index in [1.807, 2.05) is 12.1 Å². The zero-order valence-electron chi connectivity index (χ0n) is 15.9. The van der Waals surface area contributed by atoms with E-state index in [9.17, 15) is 10.1 Å². The molecule has 0 aliphatic rings. The van der Waals surface area contributed by atoms with Gasteiger partial charge in [0.1, 0.15) is 17.8 Å². The van der Waals surface area contributed by atoms with E-state index in [0.717, 1.165) is 10.2 Å². The predicted octanol–water partition coefficient (Wildman–Crippen LogP) is 4.50. The smallest absolute Gasteiger partial charge is 0.353 e. The van der Waals surface area contributed by atoms with Crippen LogP contribution in [0.4, 0.5) is 28.1 Å². The van der Waals surface area contributed by atoms with E-state index in [2.05, 4.69) is 25.6 Å². The standard InChI is InChI=1S/C19H16N6O4S/c1-28-11-7-8-13-15(9-11)30-19(23-13)24-18-16(25(26)27)17(20-10-21-18)22-12-5-3-4-6-14(12)29-2/h3-10H,1-2H3,(H2,20,21,22,23,24). The van der Waals surface area contributed by atoms with Crippen LogP contribution in [0.15, 0.2) is 48.8 Å². The maximum absolute atomic E-state index is 11.8. The zero-order valence-corrected chi connectivity index (χ0v) is 16.8. The summed E-state index contributed by atoms with van der Waals surface area (Å²) in [5.41, 5.74) is 0.979. The number of fused-ring (bicyclic) bond motifs is 1. The summed E-state index contributed by atoms with van der Waals surface area (Å²) < 4.78 is 11.4. The molecule has 2 aromatic carbocycles. The molecule has 2 heterocycles. The first-order valence-corrected chi connectivity index (χ1v) is 9.51. The molecule has 10 nitrogen and oxygen atoms in total. The molecule has 0 saturated carbocycles. The summed E-state index contributed by atoms with van der Waals surface area (Å²) in [6, 6.07) is 12.5. The topological polar surface area (TPSA) is 124 Å². The second kappa shape index (κ2) is 8.17. The van der Waals surface area contributed by atoms with Crippen molar-refractivity contribution < 1.29 is 14.4 Å². The lowest BCUT2D eigenvalue weighted by Gasteiger charge is -2.11. The summed E-state index contributed by atoms with van der Waals surface area (Å²) >= 11 is 1.33. The number of rotatable bonds is 7. The molecular formula is C19H16N6O4S. The summed E-state index contributed by atoms with van der Waals surface area (Å²) in [5.74, 6) is 1.29. The quantitative estimate of drug-likeness (QED) is 0.326. The number of nitrogens with one attached hydrogen (secondary N) is 2. The molecule has 0 aliphatic carbocycles. The van der Waals surface area contributed by atoms with Crippen LogP contribution < -0.4 is 20.1 Å². The number of hydrogen-bond acceptors (Lipinski definition) is 10. The molecule has 0 radical (unpaired) electrons. The summed E-state index contributed by atoms with van der Waals surface area (Å²) in [6.45, 7) is 0. The SMILES string of the molecule is COc1ccc2nc(Nc3ncnc(Nc4ccccc4OC)c3[N+](=O)[O-])sc2c1. The highest BCUT2D eigenvalue weighted by Crippen LogP contribution is 2.37. The van der Waals surface area contributed by atoms with E-state index >= 15 is 0 Å². The van der Waals surface area contributed by atoms with Crippen molar-refractivity contribution in [3.8, 4) is 11.5 Å². The van der Waals surface area contributed by atoms with Crippen LogP contribution >= 0.6 is 11.3 Å². The van der Waals surface area contributed by atoms with Gasteiger partial charge in [-0.2, -0.15) is 0 Å². The Morgan fingerprint density at radius 1 is 1.03 bits per heavy atom. The first-order chi connectivity index (χ1) is 14.6. The maximum atomic E-state index is 11.8. The first kappa shape index (κ1) is 19.3. The molecule has 0 bridgehead atoms. The Labute approximate surface area is 174 Å². The van der Waals surface area contributed by atoms with Gasteiger partial charge in [0.15, 0.2) is 5.13 Å². The minimum atomic E-state index is -0.545. The van der Waals surface area contributed by atoms with Crippen molar-refractivity contribution >= 4 is 49.7 Å². The third-order valence-electron chi connectivity index (χ3n) is 4.19. The molecular weight excluding hydrogens is 408 g/mol. The Hall–Kier alpha value is -3.99. The van der Waals surface area contributed by atoms with Crippen LogP contribution in [0.25, 0.3) is 10.2 Å². The Morgan fingerprint density at radius 2 is 1.80 bits per heavy atom. The van der Waals surface area contributed by atoms with Crippen LogP contribution in [0.5, 0.6) is 11.5 Å². The molecule has 0 fully saturated rings. The van der Waals surface area contributed by atoms with Crippen LogP contribution in [0.2, 0.25) is 0 Å². The molecule has 0 spiro atoms. The Balaban J connectivity index is 1.70. The molecule has 2 aromatic heterocycles. The van der Waals surface area contributed by atoms with Gasteiger partial charge in [0.25, 0.3) is 0 Å². The summed E-state index contributed by atoms with van der Waals surface area (Å²) in [5, 5.41) is 18.2. The monoisotopic (exact) mass is 424 g/mol. The lowest BCUT2D eigenvalue weighted by atomic mass is 10.3. The van der Waals surface area contributed by atoms with E-state index in [-0.39, 0.29) is 17.3 Å². The van der Waals surface area contributed by atoms with Gasteiger partial charge in [-0.05, 0) is 30.3 Å². The number of para-hydroxylation sites is 2. The fourth-order valence-corrected chi connectivity index (χ4v) is 3.69. The van der Waals surface area contributed by atoms with E-state index in [0.29, 0.717) is 22.3 Å². The fourth-order valence-electron chi connectivity index (χ4n) is 2.80. The number of thiazole rings is 1. The van der Waals surface area contributed by atoms with Crippen molar-refractivity contribution in [2.45, 2.75) is 0 Å². The number of benzene rings is 2. The molecule has 0 amide bonds. The van der Waals surface area contributed by atoms with Crippen LogP contribution in [0.3, 0.4) is 0 Å². The van der Waals surface area contributed by atoms with Crippen LogP contribution in [0.1, 0.15) is 0 Å². The third kappa shape index (κ3) is 3.78. The number of methoxy groups -OCH3 is 2. The minimum absolute atomic E-state index is 0.0263. The molecule has 0 aliphatic heterocycles. The summed E-state index contributed by atoms with van der Waals surface area (Å²) in [6.07, 6.45) is 1.24. The summed E-state index contributed by atoms with van der Waals surface area (Å²) in [4.78, 5) is 23.8. The van der Waals surface area contributed by atoms with Crippen molar-refractivity contribution in [1.29, 1.82) is 0 Å². The molecule has 0 saturated heterocycles. The molecule has 2 N–H and O–H groups in total. The molecule has 4 rings (SSSR count). The van der Waals surface area contributed by atoms with Gasteiger partial charge < -0.3 is 20.1 Å². The third-order valence-corrected chi connectivity index (χ3v) is 5.12. The van der Waals surface area contributed by atoms with Crippen LogP contribution in [0, 0.1) is 10.1 Å². The van der Waals surface area contributed by atoms with Crippen molar-refractivity contribution in [3.63, 3.8) is 0 Å². The Morgan fingerprint density at radius 3 is 2.53 bits per heavy atom. The highest BCUT2D eigenvalue weighted by Gasteiger charge is 2.24. The lowest BCUT2D eigenvalue weighted by molar-refractivity contribution is -0.383.